The van der Waals surface area contributed by atoms with Crippen molar-refractivity contribution >= 4 is 0 Å². The van der Waals surface area contributed by atoms with Gasteiger partial charge in [0.1, 0.15) is 0 Å². The Morgan fingerprint density at radius 2 is 2.12 bits per heavy atom. The van der Waals surface area contributed by atoms with Gasteiger partial charge < -0.3 is 10.4 Å². The SMILES string of the molecule is CCCNCC(C)(O)Cc1cccc(C)c1. The number of aliphatic hydroxyl groups is 1. The van der Waals surface area contributed by atoms with Gasteiger partial charge in [0.2, 0.25) is 0 Å². The standard InChI is InChI=1S/C14H23NO/c1-4-8-15-11-14(3,16)10-13-7-5-6-12(2)9-13/h5-7,9,15-16H,4,8,10-11H2,1-3H3. The summed E-state index contributed by atoms with van der Waals surface area (Å²) in [5, 5.41) is 13.5. The van der Waals surface area contributed by atoms with E-state index in [1.165, 1.54) is 11.1 Å². The average molecular weight is 221 g/mol. The quantitative estimate of drug-likeness (QED) is 0.722. The fourth-order valence-electron chi connectivity index (χ4n) is 1.86. The van der Waals surface area contributed by atoms with Crippen LogP contribution in [0.2, 0.25) is 0 Å². The third kappa shape index (κ3) is 4.77. The van der Waals surface area contributed by atoms with Crippen molar-refractivity contribution in [1.29, 1.82) is 0 Å². The summed E-state index contributed by atoms with van der Waals surface area (Å²) in [6.45, 7) is 7.70. The maximum atomic E-state index is 10.2. The minimum absolute atomic E-state index is 0.648. The molecule has 2 nitrogen and oxygen atoms in total. The molecule has 0 saturated heterocycles. The first-order valence-electron chi connectivity index (χ1n) is 6.02. The van der Waals surface area contributed by atoms with E-state index >= 15 is 0 Å². The highest BCUT2D eigenvalue weighted by Crippen LogP contribution is 2.13. The minimum atomic E-state index is -0.664. The van der Waals surface area contributed by atoms with Gasteiger partial charge in [-0.05, 0) is 32.4 Å². The Labute approximate surface area is 98.7 Å². The summed E-state index contributed by atoms with van der Waals surface area (Å²) in [7, 11) is 0. The Kier molecular flexibility index (Phi) is 4.97. The number of rotatable bonds is 6. The predicted molar refractivity (Wildman–Crippen MR) is 68.7 cm³/mol. The van der Waals surface area contributed by atoms with Gasteiger partial charge in [-0.3, -0.25) is 0 Å². The van der Waals surface area contributed by atoms with Gasteiger partial charge in [-0.15, -0.1) is 0 Å². The lowest BCUT2D eigenvalue weighted by atomic mass is 9.95. The van der Waals surface area contributed by atoms with E-state index in [9.17, 15) is 5.11 Å². The third-order valence-corrected chi connectivity index (χ3v) is 2.60. The van der Waals surface area contributed by atoms with Crippen LogP contribution in [0.15, 0.2) is 24.3 Å². The van der Waals surface area contributed by atoms with Crippen LogP contribution in [-0.4, -0.2) is 23.8 Å². The molecular weight excluding hydrogens is 198 g/mol. The Morgan fingerprint density at radius 3 is 2.75 bits per heavy atom. The molecule has 0 fully saturated rings. The smallest absolute Gasteiger partial charge is 0.0783 e. The predicted octanol–water partition coefficient (Wildman–Crippen LogP) is 2.29. The third-order valence-electron chi connectivity index (χ3n) is 2.60. The van der Waals surface area contributed by atoms with E-state index in [1.54, 1.807) is 0 Å². The van der Waals surface area contributed by atoms with Gasteiger partial charge in [0.15, 0.2) is 0 Å². The van der Waals surface area contributed by atoms with Crippen molar-refractivity contribution in [3.8, 4) is 0 Å². The Hall–Kier alpha value is -0.860. The van der Waals surface area contributed by atoms with Crippen LogP contribution in [0.3, 0.4) is 0 Å². The van der Waals surface area contributed by atoms with Gasteiger partial charge in [-0.25, -0.2) is 0 Å². The van der Waals surface area contributed by atoms with E-state index < -0.39 is 5.60 Å². The highest BCUT2D eigenvalue weighted by atomic mass is 16.3. The summed E-state index contributed by atoms with van der Waals surface area (Å²) in [6.07, 6.45) is 1.80. The molecular formula is C14H23NO. The fourth-order valence-corrected chi connectivity index (χ4v) is 1.86. The first kappa shape index (κ1) is 13.2. The van der Waals surface area contributed by atoms with Crippen molar-refractivity contribution in [3.05, 3.63) is 35.4 Å². The molecule has 0 aromatic heterocycles. The fraction of sp³-hybridized carbons (Fsp3) is 0.571. The van der Waals surface area contributed by atoms with Crippen LogP contribution in [0.5, 0.6) is 0 Å². The zero-order valence-corrected chi connectivity index (χ0v) is 10.6. The lowest BCUT2D eigenvalue weighted by molar-refractivity contribution is 0.0604. The molecule has 2 heteroatoms. The van der Waals surface area contributed by atoms with E-state index in [-0.39, 0.29) is 0 Å². The van der Waals surface area contributed by atoms with Gasteiger partial charge in [0.05, 0.1) is 5.60 Å². The Morgan fingerprint density at radius 1 is 1.38 bits per heavy atom. The van der Waals surface area contributed by atoms with Crippen LogP contribution in [-0.2, 0) is 6.42 Å². The topological polar surface area (TPSA) is 32.3 Å². The Bertz CT molecular complexity index is 320. The molecule has 0 amide bonds. The average Bonchev–Trinajstić information content (AvgIpc) is 2.17. The van der Waals surface area contributed by atoms with E-state index in [0.29, 0.717) is 13.0 Å². The van der Waals surface area contributed by atoms with E-state index in [0.717, 1.165) is 13.0 Å². The number of aryl methyl sites for hydroxylation is 1. The summed E-state index contributed by atoms with van der Waals surface area (Å²) in [6, 6.07) is 8.32. The maximum Gasteiger partial charge on any atom is 0.0783 e. The van der Waals surface area contributed by atoms with Crippen LogP contribution < -0.4 is 5.32 Å². The van der Waals surface area contributed by atoms with Gasteiger partial charge in [0, 0.05) is 13.0 Å². The van der Waals surface area contributed by atoms with Crippen LogP contribution in [0.25, 0.3) is 0 Å². The summed E-state index contributed by atoms with van der Waals surface area (Å²) in [5.41, 5.74) is 1.78. The van der Waals surface area contributed by atoms with Crippen molar-refractivity contribution < 1.29 is 5.11 Å². The van der Waals surface area contributed by atoms with Crippen LogP contribution in [0, 0.1) is 6.92 Å². The van der Waals surface area contributed by atoms with E-state index in [4.69, 9.17) is 0 Å². The van der Waals surface area contributed by atoms with Crippen molar-refractivity contribution in [2.24, 2.45) is 0 Å². The molecule has 0 aliphatic heterocycles. The van der Waals surface area contributed by atoms with Crippen LogP contribution in [0.1, 0.15) is 31.4 Å². The Balaban J connectivity index is 2.51. The number of hydrogen-bond acceptors (Lipinski definition) is 2. The van der Waals surface area contributed by atoms with E-state index in [2.05, 4.69) is 37.4 Å². The highest BCUT2D eigenvalue weighted by molar-refractivity contribution is 5.23. The molecule has 0 aliphatic carbocycles. The first-order valence-corrected chi connectivity index (χ1v) is 6.02. The molecule has 1 rings (SSSR count). The van der Waals surface area contributed by atoms with Crippen LogP contribution in [0.4, 0.5) is 0 Å². The number of hydrogen-bond donors (Lipinski definition) is 2. The van der Waals surface area contributed by atoms with Gasteiger partial charge >= 0.3 is 0 Å². The molecule has 0 spiro atoms. The molecule has 1 aromatic rings. The summed E-state index contributed by atoms with van der Waals surface area (Å²) in [4.78, 5) is 0. The lowest BCUT2D eigenvalue weighted by Crippen LogP contribution is -2.40. The largest absolute Gasteiger partial charge is 0.389 e. The zero-order valence-electron chi connectivity index (χ0n) is 10.6. The molecule has 0 bridgehead atoms. The minimum Gasteiger partial charge on any atom is -0.389 e. The van der Waals surface area contributed by atoms with Gasteiger partial charge in [-0.2, -0.15) is 0 Å². The van der Waals surface area contributed by atoms with Crippen molar-refractivity contribution in [2.75, 3.05) is 13.1 Å². The molecule has 0 saturated carbocycles. The zero-order chi connectivity index (χ0) is 12.0. The van der Waals surface area contributed by atoms with Crippen molar-refractivity contribution in [2.45, 2.75) is 39.2 Å². The molecule has 0 radical (unpaired) electrons. The second-order valence-electron chi connectivity index (χ2n) is 4.84. The van der Waals surface area contributed by atoms with Crippen molar-refractivity contribution in [3.63, 3.8) is 0 Å². The maximum absolute atomic E-state index is 10.2. The molecule has 0 heterocycles. The molecule has 1 atom stereocenters. The number of benzene rings is 1. The van der Waals surface area contributed by atoms with Crippen LogP contribution >= 0.6 is 0 Å². The summed E-state index contributed by atoms with van der Waals surface area (Å²) >= 11 is 0. The molecule has 0 aliphatic rings. The molecule has 16 heavy (non-hydrogen) atoms. The second-order valence-corrected chi connectivity index (χ2v) is 4.84. The number of nitrogens with one attached hydrogen (secondary N) is 1. The summed E-state index contributed by atoms with van der Waals surface area (Å²) < 4.78 is 0. The van der Waals surface area contributed by atoms with E-state index in [1.807, 2.05) is 13.0 Å². The molecule has 1 aromatic carbocycles. The molecule has 1 unspecified atom stereocenters. The highest BCUT2D eigenvalue weighted by Gasteiger charge is 2.20. The molecule has 90 valence electrons. The lowest BCUT2D eigenvalue weighted by Gasteiger charge is -2.24. The summed E-state index contributed by atoms with van der Waals surface area (Å²) in [5.74, 6) is 0. The monoisotopic (exact) mass is 221 g/mol. The van der Waals surface area contributed by atoms with Gasteiger partial charge in [-0.1, -0.05) is 36.8 Å². The van der Waals surface area contributed by atoms with Crippen molar-refractivity contribution in [1.82, 2.24) is 5.32 Å². The normalized spacial score (nSPS) is 14.8. The first-order chi connectivity index (χ1) is 7.53. The second kappa shape index (κ2) is 6.02. The van der Waals surface area contributed by atoms with Gasteiger partial charge in [0.25, 0.3) is 0 Å². The molecule has 2 N–H and O–H groups in total.